The van der Waals surface area contributed by atoms with Gasteiger partial charge in [-0.05, 0) is 31.5 Å². The first kappa shape index (κ1) is 16.0. The van der Waals surface area contributed by atoms with Crippen LogP contribution in [0.3, 0.4) is 0 Å². The summed E-state index contributed by atoms with van der Waals surface area (Å²) >= 11 is 0. The number of fused-ring (bicyclic) bond motifs is 1. The third kappa shape index (κ3) is 3.10. The van der Waals surface area contributed by atoms with Crippen LogP contribution in [0, 0.1) is 11.8 Å². The molecule has 0 N–H and O–H groups in total. The molecular weight excluding hydrogens is 272 g/mol. The van der Waals surface area contributed by atoms with Gasteiger partial charge in [-0.25, -0.2) is 0 Å². The van der Waals surface area contributed by atoms with Crippen LogP contribution >= 0.6 is 0 Å². The Kier molecular flexibility index (Phi) is 4.34. The second kappa shape index (κ2) is 5.43. The van der Waals surface area contributed by atoms with E-state index in [0.29, 0.717) is 19.1 Å². The molecular formula is C15H28O4Si. The molecule has 0 aromatic rings. The summed E-state index contributed by atoms with van der Waals surface area (Å²) in [7, 11) is -1.70. The van der Waals surface area contributed by atoms with Crippen LogP contribution in [0.4, 0.5) is 0 Å². The molecule has 1 saturated carbocycles. The Morgan fingerprint density at radius 1 is 1.35 bits per heavy atom. The molecule has 1 saturated heterocycles. The molecule has 0 bridgehead atoms. The summed E-state index contributed by atoms with van der Waals surface area (Å²) in [6, 6.07) is 0. The number of hydrogen-bond acceptors (Lipinski definition) is 4. The Labute approximate surface area is 123 Å². The van der Waals surface area contributed by atoms with Crippen LogP contribution in [0.5, 0.6) is 0 Å². The smallest absolute Gasteiger partial charge is 0.311 e. The van der Waals surface area contributed by atoms with E-state index in [4.69, 9.17) is 13.9 Å². The second-order valence-electron chi connectivity index (χ2n) is 7.47. The third-order valence-electron chi connectivity index (χ3n) is 4.98. The zero-order valence-corrected chi connectivity index (χ0v) is 14.6. The maximum atomic E-state index is 11.6. The van der Waals surface area contributed by atoms with Crippen molar-refractivity contribution in [1.29, 1.82) is 0 Å². The van der Waals surface area contributed by atoms with E-state index in [0.717, 1.165) is 6.42 Å². The van der Waals surface area contributed by atoms with Gasteiger partial charge in [0.1, 0.15) is 0 Å². The summed E-state index contributed by atoms with van der Waals surface area (Å²) in [6.45, 7) is 14.2. The lowest BCUT2D eigenvalue weighted by Gasteiger charge is -2.37. The van der Waals surface area contributed by atoms with Crippen molar-refractivity contribution in [2.45, 2.75) is 64.5 Å². The van der Waals surface area contributed by atoms with Gasteiger partial charge in [-0.2, -0.15) is 0 Å². The molecule has 1 aliphatic heterocycles. The largest absolute Gasteiger partial charge is 0.466 e. The predicted octanol–water partition coefficient (Wildman–Crippen LogP) is 2.97. The van der Waals surface area contributed by atoms with Gasteiger partial charge in [-0.1, -0.05) is 20.8 Å². The van der Waals surface area contributed by atoms with Gasteiger partial charge in [-0.3, -0.25) is 4.79 Å². The Morgan fingerprint density at radius 3 is 2.45 bits per heavy atom. The average Bonchev–Trinajstić information content (AvgIpc) is 2.82. The highest BCUT2D eigenvalue weighted by Gasteiger charge is 2.62. The quantitative estimate of drug-likeness (QED) is 0.578. The van der Waals surface area contributed by atoms with E-state index in [-0.39, 0.29) is 29.1 Å². The molecule has 1 heterocycles. The number of hydrogen-bond donors (Lipinski definition) is 0. The molecule has 4 atom stereocenters. The van der Waals surface area contributed by atoms with Gasteiger partial charge in [-0.15, -0.1) is 0 Å². The lowest BCUT2D eigenvalue weighted by molar-refractivity contribution is -0.147. The van der Waals surface area contributed by atoms with E-state index in [9.17, 15) is 4.79 Å². The molecule has 20 heavy (non-hydrogen) atoms. The van der Waals surface area contributed by atoms with E-state index in [1.54, 1.807) is 0 Å². The lowest BCUT2D eigenvalue weighted by Crippen LogP contribution is -2.42. The van der Waals surface area contributed by atoms with Gasteiger partial charge in [0.05, 0.1) is 31.3 Å². The fourth-order valence-electron chi connectivity index (χ4n) is 2.56. The Balaban J connectivity index is 1.74. The Bertz CT molecular complexity index is 363. The molecule has 1 aliphatic carbocycles. The maximum Gasteiger partial charge on any atom is 0.311 e. The summed E-state index contributed by atoms with van der Waals surface area (Å²) in [6.07, 6.45) is 1.18. The molecule has 5 heteroatoms. The molecule has 0 amide bonds. The number of rotatable bonds is 5. The fraction of sp³-hybridized carbons (Fsp3) is 0.933. The van der Waals surface area contributed by atoms with E-state index < -0.39 is 8.32 Å². The first-order valence-electron chi connectivity index (χ1n) is 7.63. The van der Waals surface area contributed by atoms with Crippen molar-refractivity contribution in [3.8, 4) is 0 Å². The third-order valence-corrected chi connectivity index (χ3v) is 9.48. The van der Waals surface area contributed by atoms with Crippen molar-refractivity contribution in [1.82, 2.24) is 0 Å². The molecule has 0 unspecified atom stereocenters. The van der Waals surface area contributed by atoms with Crippen LogP contribution in [0.15, 0.2) is 0 Å². The molecule has 116 valence electrons. The molecule has 2 rings (SSSR count). The highest BCUT2D eigenvalue weighted by atomic mass is 28.4. The number of carbonyl (C=O) groups is 1. The van der Waals surface area contributed by atoms with Crippen molar-refractivity contribution in [2.75, 3.05) is 13.2 Å². The number of esters is 1. The fourth-order valence-corrected chi connectivity index (χ4v) is 3.60. The first-order valence-corrected chi connectivity index (χ1v) is 10.5. The van der Waals surface area contributed by atoms with Crippen molar-refractivity contribution < 1.29 is 18.7 Å². The summed E-state index contributed by atoms with van der Waals surface area (Å²) in [5.41, 5.74) is 0. The van der Waals surface area contributed by atoms with Crippen molar-refractivity contribution >= 4 is 14.3 Å². The van der Waals surface area contributed by atoms with Gasteiger partial charge in [0, 0.05) is 5.92 Å². The Hall–Kier alpha value is -0.393. The normalized spacial score (nSPS) is 32.9. The summed E-state index contributed by atoms with van der Waals surface area (Å²) in [4.78, 5) is 11.6. The van der Waals surface area contributed by atoms with Crippen molar-refractivity contribution in [2.24, 2.45) is 11.8 Å². The van der Waals surface area contributed by atoms with Gasteiger partial charge in [0.15, 0.2) is 8.32 Å². The minimum absolute atomic E-state index is 0.0147. The van der Waals surface area contributed by atoms with Gasteiger partial charge < -0.3 is 13.9 Å². The standard InChI is InChI=1S/C15H28O4Si/c1-7-17-14(16)12-11-8-10(19-13(11)12)9-18-20(5,6)15(2,3)4/h10-13H,7-9H2,1-6H3/t10-,11+,12+,13+/m1/s1. The summed E-state index contributed by atoms with van der Waals surface area (Å²) in [5, 5.41) is 0.224. The predicted molar refractivity (Wildman–Crippen MR) is 80.0 cm³/mol. The molecule has 0 radical (unpaired) electrons. The zero-order chi connectivity index (χ0) is 15.1. The lowest BCUT2D eigenvalue weighted by atomic mass is 10.1. The van der Waals surface area contributed by atoms with Crippen LogP contribution in [0.1, 0.15) is 34.1 Å². The van der Waals surface area contributed by atoms with E-state index in [1.165, 1.54) is 0 Å². The maximum absolute atomic E-state index is 11.6. The van der Waals surface area contributed by atoms with Crippen LogP contribution in [-0.2, 0) is 18.7 Å². The first-order chi connectivity index (χ1) is 9.17. The minimum Gasteiger partial charge on any atom is -0.466 e. The Morgan fingerprint density at radius 2 is 2.00 bits per heavy atom. The van der Waals surface area contributed by atoms with Crippen LogP contribution in [0.25, 0.3) is 0 Å². The molecule has 0 aromatic heterocycles. The molecule has 0 spiro atoms. The summed E-state index contributed by atoms with van der Waals surface area (Å²) in [5.74, 6) is 0.257. The van der Waals surface area contributed by atoms with Gasteiger partial charge in [0.2, 0.25) is 0 Å². The van der Waals surface area contributed by atoms with Crippen LogP contribution < -0.4 is 0 Å². The topological polar surface area (TPSA) is 44.8 Å². The number of carbonyl (C=O) groups excluding carboxylic acids is 1. The second-order valence-corrected chi connectivity index (χ2v) is 12.3. The van der Waals surface area contributed by atoms with Crippen LogP contribution in [0.2, 0.25) is 18.1 Å². The van der Waals surface area contributed by atoms with Gasteiger partial charge >= 0.3 is 5.97 Å². The van der Waals surface area contributed by atoms with E-state index in [1.807, 2.05) is 6.92 Å². The zero-order valence-electron chi connectivity index (χ0n) is 13.6. The van der Waals surface area contributed by atoms with E-state index >= 15 is 0 Å². The molecule has 2 aliphatic rings. The number of ether oxygens (including phenoxy) is 2. The highest BCUT2D eigenvalue weighted by molar-refractivity contribution is 6.74. The molecule has 4 nitrogen and oxygen atoms in total. The van der Waals surface area contributed by atoms with Crippen LogP contribution in [-0.4, -0.2) is 39.7 Å². The van der Waals surface area contributed by atoms with Gasteiger partial charge in [0.25, 0.3) is 0 Å². The monoisotopic (exact) mass is 300 g/mol. The molecule has 2 fully saturated rings. The van der Waals surface area contributed by atoms with E-state index in [2.05, 4.69) is 33.9 Å². The summed E-state index contributed by atoms with van der Waals surface area (Å²) < 4.78 is 17.2. The van der Waals surface area contributed by atoms with Crippen molar-refractivity contribution in [3.05, 3.63) is 0 Å². The molecule has 0 aromatic carbocycles. The van der Waals surface area contributed by atoms with Crippen molar-refractivity contribution in [3.63, 3.8) is 0 Å². The highest BCUT2D eigenvalue weighted by Crippen LogP contribution is 2.52. The minimum atomic E-state index is -1.70. The average molecular weight is 300 g/mol. The SMILES string of the molecule is CCOC(=O)[C@H]1[C@@H]2C[C@H](CO[Si](C)(C)C(C)(C)C)O[C@@H]21.